The fraction of sp³-hybridized carbons (Fsp3) is 0.278. The van der Waals surface area contributed by atoms with Gasteiger partial charge in [-0.25, -0.2) is 4.39 Å². The van der Waals surface area contributed by atoms with E-state index < -0.39 is 0 Å². The second-order valence-electron chi connectivity index (χ2n) is 5.97. The Morgan fingerprint density at radius 2 is 2.00 bits per heavy atom. The van der Waals surface area contributed by atoms with Gasteiger partial charge in [-0.15, -0.1) is 0 Å². The Bertz CT molecular complexity index is 717. The van der Waals surface area contributed by atoms with Crippen LogP contribution in [0.25, 0.3) is 0 Å². The van der Waals surface area contributed by atoms with Gasteiger partial charge in [0, 0.05) is 28.0 Å². The van der Waals surface area contributed by atoms with Crippen LogP contribution in [0.2, 0.25) is 0 Å². The molecule has 3 rings (SSSR count). The molecule has 5 heteroatoms. The summed E-state index contributed by atoms with van der Waals surface area (Å²) >= 11 is 1.97. The first-order valence-corrected chi connectivity index (χ1v) is 8.72. The van der Waals surface area contributed by atoms with Gasteiger partial charge in [0.1, 0.15) is 5.82 Å². The summed E-state index contributed by atoms with van der Waals surface area (Å²) in [5, 5.41) is 2.86. The number of hydrogen-bond acceptors (Lipinski definition) is 2. The SMILES string of the molecule is CC1CCN(c2ccc(NC(=O)c3ccc(F)cc3I)cc2)C1. The number of nitrogens with zero attached hydrogens (tertiary/aromatic N) is 1. The average molecular weight is 424 g/mol. The van der Waals surface area contributed by atoms with Crippen molar-refractivity contribution in [3.05, 3.63) is 57.4 Å². The van der Waals surface area contributed by atoms with Gasteiger partial charge in [0.15, 0.2) is 0 Å². The van der Waals surface area contributed by atoms with E-state index in [1.807, 2.05) is 46.9 Å². The zero-order valence-electron chi connectivity index (χ0n) is 12.9. The first-order chi connectivity index (χ1) is 11.0. The first-order valence-electron chi connectivity index (χ1n) is 7.64. The molecule has 1 unspecified atom stereocenters. The molecule has 0 spiro atoms. The molecule has 0 aliphatic carbocycles. The van der Waals surface area contributed by atoms with Crippen molar-refractivity contribution >= 4 is 39.9 Å². The summed E-state index contributed by atoms with van der Waals surface area (Å²) in [5.41, 5.74) is 2.40. The molecule has 0 aromatic heterocycles. The van der Waals surface area contributed by atoms with Gasteiger partial charge in [-0.2, -0.15) is 0 Å². The summed E-state index contributed by atoms with van der Waals surface area (Å²) in [6.07, 6.45) is 1.22. The molecule has 23 heavy (non-hydrogen) atoms. The molecule has 0 radical (unpaired) electrons. The van der Waals surface area contributed by atoms with Crippen LogP contribution >= 0.6 is 22.6 Å². The van der Waals surface area contributed by atoms with E-state index in [0.717, 1.165) is 24.7 Å². The van der Waals surface area contributed by atoms with Crippen LogP contribution in [-0.4, -0.2) is 19.0 Å². The number of benzene rings is 2. The van der Waals surface area contributed by atoms with Crippen molar-refractivity contribution in [2.45, 2.75) is 13.3 Å². The van der Waals surface area contributed by atoms with Crippen molar-refractivity contribution in [1.29, 1.82) is 0 Å². The number of anilines is 2. The number of carbonyl (C=O) groups excluding carboxylic acids is 1. The molecule has 1 atom stereocenters. The summed E-state index contributed by atoms with van der Waals surface area (Å²) in [4.78, 5) is 14.6. The van der Waals surface area contributed by atoms with E-state index in [9.17, 15) is 9.18 Å². The molecule has 1 aliphatic rings. The molecule has 1 aliphatic heterocycles. The quantitative estimate of drug-likeness (QED) is 0.735. The maximum atomic E-state index is 13.1. The molecule has 1 fully saturated rings. The minimum atomic E-state index is -0.338. The van der Waals surface area contributed by atoms with Crippen molar-refractivity contribution in [2.75, 3.05) is 23.3 Å². The molecular weight excluding hydrogens is 406 g/mol. The van der Waals surface area contributed by atoms with E-state index >= 15 is 0 Å². The van der Waals surface area contributed by atoms with E-state index in [-0.39, 0.29) is 11.7 Å². The second-order valence-corrected chi connectivity index (χ2v) is 7.13. The molecular formula is C18H18FIN2O. The lowest BCUT2D eigenvalue weighted by molar-refractivity contribution is 0.102. The maximum absolute atomic E-state index is 13.1. The molecule has 2 aromatic rings. The van der Waals surface area contributed by atoms with Crippen LogP contribution in [0, 0.1) is 15.3 Å². The van der Waals surface area contributed by atoms with Gasteiger partial charge < -0.3 is 10.2 Å². The van der Waals surface area contributed by atoms with Crippen molar-refractivity contribution in [2.24, 2.45) is 5.92 Å². The zero-order valence-corrected chi connectivity index (χ0v) is 15.0. The van der Waals surface area contributed by atoms with Gasteiger partial charge in [-0.3, -0.25) is 4.79 Å². The second kappa shape index (κ2) is 6.86. The van der Waals surface area contributed by atoms with Gasteiger partial charge in [-0.05, 0) is 77.4 Å². The Labute approximate surface area is 149 Å². The van der Waals surface area contributed by atoms with Crippen molar-refractivity contribution in [3.63, 3.8) is 0 Å². The van der Waals surface area contributed by atoms with Crippen LogP contribution in [0.3, 0.4) is 0 Å². The van der Waals surface area contributed by atoms with Crippen molar-refractivity contribution in [3.8, 4) is 0 Å². The summed E-state index contributed by atoms with van der Waals surface area (Å²) in [6.45, 7) is 4.43. The molecule has 1 heterocycles. The van der Waals surface area contributed by atoms with Gasteiger partial charge in [0.05, 0.1) is 5.56 Å². The van der Waals surface area contributed by atoms with Gasteiger partial charge in [0.25, 0.3) is 5.91 Å². The fourth-order valence-corrected chi connectivity index (χ4v) is 3.52. The highest BCUT2D eigenvalue weighted by Crippen LogP contribution is 2.25. The van der Waals surface area contributed by atoms with Gasteiger partial charge >= 0.3 is 0 Å². The smallest absolute Gasteiger partial charge is 0.256 e. The predicted molar refractivity (Wildman–Crippen MR) is 99.5 cm³/mol. The Balaban J connectivity index is 1.69. The third-order valence-corrected chi connectivity index (χ3v) is 4.98. The number of carbonyl (C=O) groups is 1. The largest absolute Gasteiger partial charge is 0.371 e. The molecule has 2 aromatic carbocycles. The number of amides is 1. The molecule has 1 amide bonds. The van der Waals surface area contributed by atoms with E-state index in [1.165, 1.54) is 30.3 Å². The lowest BCUT2D eigenvalue weighted by Gasteiger charge is -2.18. The third-order valence-electron chi connectivity index (χ3n) is 4.09. The van der Waals surface area contributed by atoms with Crippen LogP contribution in [0.1, 0.15) is 23.7 Å². The van der Waals surface area contributed by atoms with E-state index in [4.69, 9.17) is 0 Å². The Kier molecular flexibility index (Phi) is 4.84. The number of hydrogen-bond donors (Lipinski definition) is 1. The highest BCUT2D eigenvalue weighted by molar-refractivity contribution is 14.1. The number of nitrogens with one attached hydrogen (secondary N) is 1. The average Bonchev–Trinajstić information content (AvgIpc) is 2.94. The molecule has 1 N–H and O–H groups in total. The van der Waals surface area contributed by atoms with Crippen LogP contribution in [0.4, 0.5) is 15.8 Å². The molecule has 120 valence electrons. The molecule has 1 saturated heterocycles. The standard InChI is InChI=1S/C18H18FIN2O/c1-12-8-9-22(11-12)15-5-3-14(4-6-15)21-18(23)16-7-2-13(19)10-17(16)20/h2-7,10,12H,8-9,11H2,1H3,(H,21,23). The van der Waals surface area contributed by atoms with Crippen LogP contribution in [0.5, 0.6) is 0 Å². The van der Waals surface area contributed by atoms with Crippen molar-refractivity contribution in [1.82, 2.24) is 0 Å². The normalized spacial score (nSPS) is 17.3. The Morgan fingerprint density at radius 1 is 1.26 bits per heavy atom. The summed E-state index contributed by atoms with van der Waals surface area (Å²) in [7, 11) is 0. The predicted octanol–water partition coefficient (Wildman–Crippen LogP) is 4.53. The van der Waals surface area contributed by atoms with Gasteiger partial charge in [-0.1, -0.05) is 6.92 Å². The van der Waals surface area contributed by atoms with Crippen LogP contribution in [0.15, 0.2) is 42.5 Å². The maximum Gasteiger partial charge on any atom is 0.256 e. The number of halogens is 2. The zero-order chi connectivity index (χ0) is 16.4. The minimum Gasteiger partial charge on any atom is -0.371 e. The summed E-state index contributed by atoms with van der Waals surface area (Å²) < 4.78 is 13.7. The molecule has 0 saturated carbocycles. The van der Waals surface area contributed by atoms with Crippen LogP contribution in [-0.2, 0) is 0 Å². The lowest BCUT2D eigenvalue weighted by atomic mass is 10.2. The van der Waals surface area contributed by atoms with Crippen molar-refractivity contribution < 1.29 is 9.18 Å². The van der Waals surface area contributed by atoms with E-state index in [1.54, 1.807) is 0 Å². The molecule has 3 nitrogen and oxygen atoms in total. The third kappa shape index (κ3) is 3.83. The lowest BCUT2D eigenvalue weighted by Crippen LogP contribution is -2.19. The first kappa shape index (κ1) is 16.2. The minimum absolute atomic E-state index is 0.225. The fourth-order valence-electron chi connectivity index (χ4n) is 2.80. The Morgan fingerprint density at radius 3 is 2.61 bits per heavy atom. The highest BCUT2D eigenvalue weighted by atomic mass is 127. The topological polar surface area (TPSA) is 32.3 Å². The van der Waals surface area contributed by atoms with Gasteiger partial charge in [0.2, 0.25) is 0 Å². The molecule has 0 bridgehead atoms. The summed E-state index contributed by atoms with van der Waals surface area (Å²) in [5.74, 6) is 0.169. The van der Waals surface area contributed by atoms with E-state index in [2.05, 4.69) is 17.1 Å². The Hall–Kier alpha value is -1.63. The van der Waals surface area contributed by atoms with Crippen LogP contribution < -0.4 is 10.2 Å². The number of rotatable bonds is 3. The van der Waals surface area contributed by atoms with E-state index in [0.29, 0.717) is 9.13 Å². The highest BCUT2D eigenvalue weighted by Gasteiger charge is 2.18. The monoisotopic (exact) mass is 424 g/mol. The summed E-state index contributed by atoms with van der Waals surface area (Å²) in [6, 6.07) is 12.0.